The molecule has 2 aliphatic heterocycles. The first-order valence-corrected chi connectivity index (χ1v) is 27.7. The Bertz CT molecular complexity index is 2080. The van der Waals surface area contributed by atoms with Gasteiger partial charge < -0.3 is 53.3 Å². The van der Waals surface area contributed by atoms with E-state index in [-0.39, 0.29) is 89.5 Å². The van der Waals surface area contributed by atoms with E-state index >= 15 is 0 Å². The van der Waals surface area contributed by atoms with Crippen LogP contribution in [0.4, 0.5) is 5.69 Å². The van der Waals surface area contributed by atoms with E-state index in [1.807, 2.05) is 63.5 Å². The number of anilines is 1. The van der Waals surface area contributed by atoms with Crippen molar-refractivity contribution in [2.24, 2.45) is 0 Å². The molecule has 2 heterocycles. The van der Waals surface area contributed by atoms with Gasteiger partial charge in [0.25, 0.3) is 0 Å². The Labute approximate surface area is 490 Å². The number of esters is 7. The summed E-state index contributed by atoms with van der Waals surface area (Å²) in [6.07, 6.45) is 1.33. The van der Waals surface area contributed by atoms with E-state index in [0.717, 1.165) is 11.3 Å². The van der Waals surface area contributed by atoms with Gasteiger partial charge >= 0.3 is 41.8 Å². The van der Waals surface area contributed by atoms with Crippen LogP contribution < -0.4 is 10.6 Å². The fourth-order valence-electron chi connectivity index (χ4n) is 9.04. The summed E-state index contributed by atoms with van der Waals surface area (Å²) in [6, 6.07) is 7.50. The van der Waals surface area contributed by atoms with Crippen molar-refractivity contribution in [3.05, 3.63) is 42.2 Å². The molecule has 27 heteroatoms. The summed E-state index contributed by atoms with van der Waals surface area (Å²) in [5.74, 6) is -2.24. The highest BCUT2D eigenvalue weighted by atomic mass is 16.5. The first-order chi connectivity index (χ1) is 39.5. The monoisotopic (exact) mass is 1180 g/mol. The maximum Gasteiger partial charge on any atom is 0.319 e. The van der Waals surface area contributed by atoms with Gasteiger partial charge in [-0.2, -0.15) is 0 Å². The van der Waals surface area contributed by atoms with Crippen LogP contribution in [0.15, 0.2) is 36.7 Å². The molecule has 83 heavy (non-hydrogen) atoms. The van der Waals surface area contributed by atoms with Crippen LogP contribution in [0, 0.1) is 0 Å². The number of ketones is 1. The molecule has 1 atom stereocenters. The largest absolute Gasteiger partial charge is 0.468 e. The number of benzene rings is 1. The van der Waals surface area contributed by atoms with Crippen LogP contribution >= 0.6 is 0 Å². The van der Waals surface area contributed by atoms with Crippen LogP contribution in [0.2, 0.25) is 0 Å². The number of carbonyl (C=O) groups is 8. The van der Waals surface area contributed by atoms with Crippen molar-refractivity contribution >= 4 is 53.3 Å². The maximum atomic E-state index is 13.2. The first kappa shape index (κ1) is 73.2. The van der Waals surface area contributed by atoms with Gasteiger partial charge in [0.2, 0.25) is 0 Å². The highest BCUT2D eigenvalue weighted by Gasteiger charge is 2.29. The van der Waals surface area contributed by atoms with Crippen LogP contribution in [0.3, 0.4) is 0 Å². The van der Waals surface area contributed by atoms with E-state index in [9.17, 15) is 38.4 Å². The van der Waals surface area contributed by atoms with Crippen molar-refractivity contribution in [1.29, 1.82) is 0 Å². The Balaban J connectivity index is 0.0000235. The Morgan fingerprint density at radius 1 is 0.446 bits per heavy atom. The van der Waals surface area contributed by atoms with E-state index in [2.05, 4.69) is 17.2 Å². The predicted molar refractivity (Wildman–Crippen MR) is 308 cm³/mol. The Hall–Kier alpha value is -5.88. The van der Waals surface area contributed by atoms with Gasteiger partial charge in [-0.15, -0.1) is 0 Å². The quantitative estimate of drug-likeness (QED) is 0.0499. The van der Waals surface area contributed by atoms with E-state index in [0.29, 0.717) is 156 Å². The van der Waals surface area contributed by atoms with Gasteiger partial charge in [0.1, 0.15) is 5.78 Å². The summed E-state index contributed by atoms with van der Waals surface area (Å²) >= 11 is 0. The van der Waals surface area contributed by atoms with Gasteiger partial charge in [0.15, 0.2) is 0 Å². The van der Waals surface area contributed by atoms with Crippen LogP contribution in [-0.4, -0.2) is 326 Å². The molecule has 2 aliphatic rings. The molecule has 472 valence electrons. The molecule has 0 aliphatic carbocycles. The number of hydrogen-bond acceptors (Lipinski definition) is 27. The predicted octanol–water partition coefficient (Wildman–Crippen LogP) is -1.26. The third kappa shape index (κ3) is 32.1. The molecular weight excluding hydrogens is 1080 g/mol. The lowest BCUT2D eigenvalue weighted by Crippen LogP contribution is -2.53. The first-order valence-electron chi connectivity index (χ1n) is 27.7. The second-order valence-electron chi connectivity index (χ2n) is 19.8. The molecule has 2 N–H and O–H groups in total. The zero-order valence-corrected chi connectivity index (χ0v) is 49.5. The molecular formula is C56H96N10O17. The summed E-state index contributed by atoms with van der Waals surface area (Å²) in [5.41, 5.74) is 1.74. The van der Waals surface area contributed by atoms with Gasteiger partial charge in [-0.25, -0.2) is 0 Å². The number of Topliss-reactive ketones (excluding diaryl/α,β-unsaturated/α-hetero) is 1. The number of methoxy groups -OCH3 is 7. The number of nitrogens with one attached hydrogen (secondary N) is 2. The minimum absolute atomic E-state index is 0. The minimum Gasteiger partial charge on any atom is -0.468 e. The molecule has 1 aromatic carbocycles. The van der Waals surface area contributed by atoms with Crippen LogP contribution in [0.5, 0.6) is 0 Å². The topological polar surface area (TPSA) is 270 Å². The summed E-state index contributed by atoms with van der Waals surface area (Å²) in [7, 11) is 9.32. The standard InChI is InChI=1S/C55H92N10O17.CH4/c1-44(56-15-31-82-33-32-81-30-9-10-48(66)36-58-16-18-59(37-49(67)74-2)20-22-61(39-51(69)76-4)23-21-60(19-17-58)38-50(68)75-3)57-46-13-11-45(12-14-46)34-47-35-64(42-54(72)79-7)27-26-62(40-52(70)77-5)24-25-63(41-53(71)78-6)28-29-65(47)43-55(73)80-8;/h11-14,47,56-57H,1,9-10,15-43H2,2-8H3;1H4. The number of hydrogen-bond donors (Lipinski definition) is 2. The lowest BCUT2D eigenvalue weighted by Gasteiger charge is -2.38. The lowest BCUT2D eigenvalue weighted by molar-refractivity contribution is -0.145. The van der Waals surface area contributed by atoms with E-state index in [1.54, 1.807) is 0 Å². The van der Waals surface area contributed by atoms with Crippen molar-refractivity contribution in [2.75, 3.05) is 239 Å². The van der Waals surface area contributed by atoms with Gasteiger partial charge in [-0.1, -0.05) is 26.1 Å². The summed E-state index contributed by atoms with van der Waals surface area (Å²) < 4.78 is 46.4. The summed E-state index contributed by atoms with van der Waals surface area (Å²) in [4.78, 5) is 116. The number of nitrogens with zero attached hydrogens (tertiary/aromatic N) is 8. The SMILES string of the molecule is C.C=C(NCCOCCOCCCC(=O)CN1CCN(CC(=O)OC)CCN(CC(=O)OC)CCN(CC(=O)OC)CC1)Nc1ccc(CC2CN(CC(=O)OC)CCN(CC(=O)OC)CCN(CC(=O)OC)CCN2CC(=O)OC)cc1. The molecule has 2 saturated heterocycles. The van der Waals surface area contributed by atoms with Gasteiger partial charge in [0, 0.05) is 129 Å². The molecule has 27 nitrogen and oxygen atoms in total. The highest BCUT2D eigenvalue weighted by Crippen LogP contribution is 2.17. The molecule has 0 bridgehead atoms. The fraction of sp³-hybridized carbons (Fsp3) is 0.714. The molecule has 2 fully saturated rings. The van der Waals surface area contributed by atoms with Crippen LogP contribution in [0.1, 0.15) is 25.8 Å². The van der Waals surface area contributed by atoms with Crippen molar-refractivity contribution in [3.8, 4) is 0 Å². The van der Waals surface area contributed by atoms with Crippen molar-refractivity contribution in [2.45, 2.75) is 32.7 Å². The van der Waals surface area contributed by atoms with Gasteiger partial charge in [0.05, 0.1) is 128 Å². The van der Waals surface area contributed by atoms with E-state index in [4.69, 9.17) is 42.6 Å². The molecule has 3 rings (SSSR count). The van der Waals surface area contributed by atoms with Crippen molar-refractivity contribution < 1.29 is 81.0 Å². The zero-order chi connectivity index (χ0) is 60.1. The Morgan fingerprint density at radius 2 is 0.783 bits per heavy atom. The Morgan fingerprint density at radius 3 is 1.18 bits per heavy atom. The molecule has 1 aromatic rings. The lowest BCUT2D eigenvalue weighted by atomic mass is 10.0. The maximum absolute atomic E-state index is 13.2. The zero-order valence-electron chi connectivity index (χ0n) is 49.5. The van der Waals surface area contributed by atoms with Crippen molar-refractivity contribution in [3.63, 3.8) is 0 Å². The van der Waals surface area contributed by atoms with Crippen molar-refractivity contribution in [1.82, 2.24) is 44.5 Å². The smallest absolute Gasteiger partial charge is 0.319 e. The van der Waals surface area contributed by atoms with Crippen LogP contribution in [-0.2, 0) is 87.4 Å². The Kier molecular flexibility index (Phi) is 37.8. The molecule has 1 unspecified atom stereocenters. The average molecular weight is 1180 g/mol. The van der Waals surface area contributed by atoms with Crippen LogP contribution in [0.25, 0.3) is 0 Å². The second-order valence-corrected chi connectivity index (χ2v) is 19.8. The third-order valence-corrected chi connectivity index (χ3v) is 13.9. The fourth-order valence-corrected chi connectivity index (χ4v) is 9.04. The van der Waals surface area contributed by atoms with E-state index < -0.39 is 23.9 Å². The minimum atomic E-state index is -0.433. The molecule has 0 spiro atoms. The molecule has 0 radical (unpaired) electrons. The van der Waals surface area contributed by atoms with Gasteiger partial charge in [-0.3, -0.25) is 77.6 Å². The molecule has 0 aromatic heterocycles. The molecule has 0 amide bonds. The number of carbonyl (C=O) groups excluding carboxylic acids is 8. The highest BCUT2D eigenvalue weighted by molar-refractivity contribution is 5.80. The number of rotatable bonds is 31. The number of ether oxygens (including phenoxy) is 9. The third-order valence-electron chi connectivity index (χ3n) is 13.9. The summed E-state index contributed by atoms with van der Waals surface area (Å²) in [6.45, 7) is 13.0. The molecule has 0 saturated carbocycles. The second kappa shape index (κ2) is 42.9. The van der Waals surface area contributed by atoms with Gasteiger partial charge in [-0.05, 0) is 30.5 Å². The summed E-state index contributed by atoms with van der Waals surface area (Å²) in [5, 5.41) is 6.48. The normalized spacial score (nSPS) is 17.6. The average Bonchev–Trinajstić information content (AvgIpc) is 3.48. The van der Waals surface area contributed by atoms with E-state index in [1.165, 1.54) is 49.8 Å².